The molecule has 0 saturated heterocycles. The van der Waals surface area contributed by atoms with Crippen LogP contribution in [-0.4, -0.2) is 23.1 Å². The number of aromatic hydroxyl groups is 1. The average Bonchev–Trinajstić information content (AvgIpc) is 2.66. The Morgan fingerprint density at radius 3 is 2.57 bits per heavy atom. The molecule has 142 valence electrons. The molecular weight excluding hydrogens is 354 g/mol. The third kappa shape index (κ3) is 4.54. The van der Waals surface area contributed by atoms with Gasteiger partial charge in [-0.1, -0.05) is 36.4 Å². The second-order valence-corrected chi connectivity index (χ2v) is 6.54. The largest absolute Gasteiger partial charge is 0.507 e. The zero-order chi connectivity index (χ0) is 20.1. The van der Waals surface area contributed by atoms with Crippen LogP contribution >= 0.6 is 0 Å². The van der Waals surface area contributed by atoms with Gasteiger partial charge in [0.15, 0.2) is 0 Å². The minimum absolute atomic E-state index is 0.0594. The van der Waals surface area contributed by atoms with Gasteiger partial charge in [-0.05, 0) is 53.9 Å². The smallest absolute Gasteiger partial charge is 0.249 e. The number of nitrogens with one attached hydrogen (secondary N) is 2. The van der Waals surface area contributed by atoms with E-state index in [1.165, 1.54) is 6.21 Å². The number of rotatable bonds is 5. The Balaban J connectivity index is 1.60. The highest BCUT2D eigenvalue weighted by molar-refractivity contribution is 6.05. The Labute approximate surface area is 162 Å². The third-order valence-electron chi connectivity index (χ3n) is 4.44. The van der Waals surface area contributed by atoms with Crippen LogP contribution in [0.25, 0.3) is 10.8 Å². The molecule has 0 aliphatic rings. The summed E-state index contributed by atoms with van der Waals surface area (Å²) in [5.41, 5.74) is 5.64. The van der Waals surface area contributed by atoms with Gasteiger partial charge < -0.3 is 10.4 Å². The highest BCUT2D eigenvalue weighted by Gasteiger charge is 2.10. The van der Waals surface area contributed by atoms with Crippen LogP contribution in [0.1, 0.15) is 23.1 Å². The predicted molar refractivity (Wildman–Crippen MR) is 111 cm³/mol. The molecule has 0 aliphatic carbocycles. The van der Waals surface area contributed by atoms with Gasteiger partial charge in [-0.25, -0.2) is 5.43 Å². The molecule has 0 bridgehead atoms. The van der Waals surface area contributed by atoms with Crippen molar-refractivity contribution in [3.05, 3.63) is 71.3 Å². The van der Waals surface area contributed by atoms with Gasteiger partial charge in [-0.2, -0.15) is 5.10 Å². The maximum atomic E-state index is 12.0. The number of hydrogen-bond donors (Lipinski definition) is 3. The molecule has 6 nitrogen and oxygen atoms in total. The van der Waals surface area contributed by atoms with E-state index in [9.17, 15) is 14.7 Å². The van der Waals surface area contributed by atoms with E-state index in [1.54, 1.807) is 18.2 Å². The molecule has 0 heterocycles. The standard InChI is InChI=1S/C22H21N3O3/c1-14-7-9-17(11-15(14)2)24-21(27)12-22(28)25-23-13-19-18-6-4-3-5-16(18)8-10-20(19)26/h3-11,13,26H,12H2,1-2H3,(H,24,27)(H,25,28). The predicted octanol–water partition coefficient (Wildman–Crippen LogP) is 3.64. The van der Waals surface area contributed by atoms with Crippen molar-refractivity contribution in [1.29, 1.82) is 0 Å². The second-order valence-electron chi connectivity index (χ2n) is 6.54. The lowest BCUT2D eigenvalue weighted by atomic mass is 10.0. The van der Waals surface area contributed by atoms with Crippen LogP contribution in [0.15, 0.2) is 59.7 Å². The minimum atomic E-state index is -0.544. The molecule has 0 atom stereocenters. The Morgan fingerprint density at radius 2 is 1.79 bits per heavy atom. The number of hydrazone groups is 1. The molecule has 3 rings (SSSR count). The normalized spacial score (nSPS) is 10.9. The Hall–Kier alpha value is -3.67. The zero-order valence-electron chi connectivity index (χ0n) is 15.7. The minimum Gasteiger partial charge on any atom is -0.507 e. The monoisotopic (exact) mass is 375 g/mol. The first-order valence-electron chi connectivity index (χ1n) is 8.84. The van der Waals surface area contributed by atoms with Gasteiger partial charge >= 0.3 is 0 Å². The molecule has 6 heteroatoms. The summed E-state index contributed by atoms with van der Waals surface area (Å²) in [6, 6.07) is 16.5. The number of fused-ring (bicyclic) bond motifs is 1. The zero-order valence-corrected chi connectivity index (χ0v) is 15.7. The van der Waals surface area contributed by atoms with Gasteiger partial charge in [0, 0.05) is 11.3 Å². The van der Waals surface area contributed by atoms with Crippen LogP contribution in [-0.2, 0) is 9.59 Å². The molecule has 3 N–H and O–H groups in total. The summed E-state index contributed by atoms with van der Waals surface area (Å²) in [6.07, 6.45) is 1.02. The molecule has 28 heavy (non-hydrogen) atoms. The Bertz CT molecular complexity index is 1070. The second kappa shape index (κ2) is 8.35. The fourth-order valence-electron chi connectivity index (χ4n) is 2.80. The highest BCUT2D eigenvalue weighted by atomic mass is 16.3. The SMILES string of the molecule is Cc1ccc(NC(=O)CC(=O)NN=Cc2c(O)ccc3ccccc23)cc1C. The lowest BCUT2D eigenvalue weighted by Crippen LogP contribution is -2.24. The van der Waals surface area contributed by atoms with Crippen molar-refractivity contribution in [3.8, 4) is 5.75 Å². The summed E-state index contributed by atoms with van der Waals surface area (Å²) >= 11 is 0. The van der Waals surface area contributed by atoms with Crippen LogP contribution in [0.3, 0.4) is 0 Å². The van der Waals surface area contributed by atoms with E-state index >= 15 is 0 Å². The topological polar surface area (TPSA) is 90.8 Å². The number of benzene rings is 3. The number of amides is 2. The van der Waals surface area contributed by atoms with Crippen LogP contribution in [0, 0.1) is 13.8 Å². The number of carbonyl (C=O) groups is 2. The van der Waals surface area contributed by atoms with Gasteiger partial charge in [0.1, 0.15) is 12.2 Å². The number of anilines is 1. The molecule has 0 aliphatic heterocycles. The molecule has 0 unspecified atom stereocenters. The quantitative estimate of drug-likeness (QED) is 0.361. The number of nitrogens with zero attached hydrogens (tertiary/aromatic N) is 1. The summed E-state index contributed by atoms with van der Waals surface area (Å²) < 4.78 is 0. The van der Waals surface area contributed by atoms with E-state index in [0.717, 1.165) is 21.9 Å². The van der Waals surface area contributed by atoms with Gasteiger partial charge in [0.2, 0.25) is 11.8 Å². The van der Waals surface area contributed by atoms with Crippen molar-refractivity contribution in [2.75, 3.05) is 5.32 Å². The number of carbonyl (C=O) groups excluding carboxylic acids is 2. The summed E-state index contributed by atoms with van der Waals surface area (Å²) in [6.45, 7) is 3.94. The molecule has 0 radical (unpaired) electrons. The van der Waals surface area contributed by atoms with Crippen LogP contribution in [0.5, 0.6) is 5.75 Å². The van der Waals surface area contributed by atoms with Crippen LogP contribution < -0.4 is 10.7 Å². The van der Waals surface area contributed by atoms with E-state index in [0.29, 0.717) is 11.3 Å². The fourth-order valence-corrected chi connectivity index (χ4v) is 2.80. The maximum absolute atomic E-state index is 12.0. The average molecular weight is 375 g/mol. The summed E-state index contributed by atoms with van der Waals surface area (Å²) in [5.74, 6) is -0.912. The van der Waals surface area contributed by atoms with E-state index < -0.39 is 11.8 Å². The lowest BCUT2D eigenvalue weighted by Gasteiger charge is -2.07. The van der Waals surface area contributed by atoms with Crippen LogP contribution in [0.4, 0.5) is 5.69 Å². The van der Waals surface area contributed by atoms with Crippen molar-refractivity contribution in [2.45, 2.75) is 20.3 Å². The molecule has 0 aromatic heterocycles. The molecule has 0 spiro atoms. The molecule has 2 amide bonds. The number of hydrogen-bond acceptors (Lipinski definition) is 4. The Kier molecular flexibility index (Phi) is 5.69. The molecular formula is C22H21N3O3. The molecule has 0 saturated carbocycles. The lowest BCUT2D eigenvalue weighted by molar-refractivity contribution is -0.126. The summed E-state index contributed by atoms with van der Waals surface area (Å²) in [7, 11) is 0. The van der Waals surface area contributed by atoms with Crippen molar-refractivity contribution in [1.82, 2.24) is 5.43 Å². The van der Waals surface area contributed by atoms with E-state index in [4.69, 9.17) is 0 Å². The maximum Gasteiger partial charge on any atom is 0.249 e. The van der Waals surface area contributed by atoms with Gasteiger partial charge in [-0.15, -0.1) is 0 Å². The van der Waals surface area contributed by atoms with Gasteiger partial charge in [-0.3, -0.25) is 9.59 Å². The fraction of sp³-hybridized carbons (Fsp3) is 0.136. The first-order chi connectivity index (χ1) is 13.4. The molecule has 3 aromatic rings. The van der Waals surface area contributed by atoms with E-state index in [-0.39, 0.29) is 12.2 Å². The first kappa shape index (κ1) is 19.1. The summed E-state index contributed by atoms with van der Waals surface area (Å²) in [5, 5.41) is 18.4. The van der Waals surface area contributed by atoms with Crippen molar-refractivity contribution < 1.29 is 14.7 Å². The van der Waals surface area contributed by atoms with Crippen molar-refractivity contribution in [3.63, 3.8) is 0 Å². The van der Waals surface area contributed by atoms with Crippen LogP contribution in [0.2, 0.25) is 0 Å². The highest BCUT2D eigenvalue weighted by Crippen LogP contribution is 2.25. The number of phenolic OH excluding ortho intramolecular Hbond substituents is 1. The van der Waals surface area contributed by atoms with Gasteiger partial charge in [0.05, 0.1) is 6.21 Å². The van der Waals surface area contributed by atoms with Crippen molar-refractivity contribution in [2.24, 2.45) is 5.10 Å². The molecule has 0 fully saturated rings. The van der Waals surface area contributed by atoms with E-state index in [2.05, 4.69) is 15.8 Å². The number of aryl methyl sites for hydroxylation is 2. The van der Waals surface area contributed by atoms with Gasteiger partial charge in [0.25, 0.3) is 0 Å². The van der Waals surface area contributed by atoms with Crippen molar-refractivity contribution >= 4 is 34.5 Å². The third-order valence-corrected chi connectivity index (χ3v) is 4.44. The molecule has 3 aromatic carbocycles. The Morgan fingerprint density at radius 1 is 1.00 bits per heavy atom. The first-order valence-corrected chi connectivity index (χ1v) is 8.84. The number of phenols is 1. The van der Waals surface area contributed by atoms with E-state index in [1.807, 2.05) is 50.2 Å². The summed E-state index contributed by atoms with van der Waals surface area (Å²) in [4.78, 5) is 24.0.